The fraction of sp³-hybridized carbons (Fsp3) is 0.462. The van der Waals surface area contributed by atoms with Gasteiger partial charge >= 0.3 is 0 Å². The van der Waals surface area contributed by atoms with Crippen molar-refractivity contribution in [1.29, 1.82) is 0 Å². The number of aromatic nitrogens is 2. The van der Waals surface area contributed by atoms with E-state index in [0.29, 0.717) is 6.04 Å². The van der Waals surface area contributed by atoms with E-state index in [1.54, 1.807) is 7.11 Å². The number of fused-ring (bicyclic) bond motifs is 1. The summed E-state index contributed by atoms with van der Waals surface area (Å²) >= 11 is 0. The molecule has 1 unspecified atom stereocenters. The van der Waals surface area contributed by atoms with Crippen LogP contribution in [-0.2, 0) is 0 Å². The maximum Gasteiger partial charge on any atom is 0.198 e. The van der Waals surface area contributed by atoms with E-state index < -0.39 is 0 Å². The molecule has 4 heteroatoms. The Morgan fingerprint density at radius 3 is 3.12 bits per heavy atom. The van der Waals surface area contributed by atoms with E-state index in [1.807, 2.05) is 22.6 Å². The fourth-order valence-corrected chi connectivity index (χ4v) is 2.44. The van der Waals surface area contributed by atoms with Gasteiger partial charge in [0.2, 0.25) is 0 Å². The van der Waals surface area contributed by atoms with Crippen LogP contribution in [0.5, 0.6) is 5.88 Å². The van der Waals surface area contributed by atoms with Gasteiger partial charge in [-0.05, 0) is 31.5 Å². The summed E-state index contributed by atoms with van der Waals surface area (Å²) in [5, 5.41) is 3.52. The summed E-state index contributed by atoms with van der Waals surface area (Å²) < 4.78 is 7.34. The SMILES string of the molecule is COc1cccc2nc(C3CCCCN3)cn12. The molecule has 0 spiro atoms. The summed E-state index contributed by atoms with van der Waals surface area (Å²) in [6, 6.07) is 6.33. The first kappa shape index (κ1) is 10.6. The van der Waals surface area contributed by atoms with Crippen molar-refractivity contribution in [1.82, 2.24) is 14.7 Å². The molecular formula is C13H17N3O. The van der Waals surface area contributed by atoms with Crippen molar-refractivity contribution in [3.63, 3.8) is 0 Å². The largest absolute Gasteiger partial charge is 0.482 e. The minimum atomic E-state index is 0.397. The second kappa shape index (κ2) is 4.37. The summed E-state index contributed by atoms with van der Waals surface area (Å²) in [4.78, 5) is 4.67. The zero-order valence-corrected chi connectivity index (χ0v) is 10.0. The molecule has 1 fully saturated rings. The molecule has 2 aromatic heterocycles. The number of imidazole rings is 1. The fourth-order valence-electron chi connectivity index (χ4n) is 2.44. The summed E-state index contributed by atoms with van der Waals surface area (Å²) in [6.07, 6.45) is 5.80. The summed E-state index contributed by atoms with van der Waals surface area (Å²) in [5.41, 5.74) is 2.07. The van der Waals surface area contributed by atoms with E-state index in [9.17, 15) is 0 Å². The Morgan fingerprint density at radius 2 is 2.35 bits per heavy atom. The van der Waals surface area contributed by atoms with Gasteiger partial charge in [0.15, 0.2) is 5.88 Å². The third-order valence-corrected chi connectivity index (χ3v) is 3.35. The number of nitrogens with one attached hydrogen (secondary N) is 1. The highest BCUT2D eigenvalue weighted by molar-refractivity contribution is 5.44. The van der Waals surface area contributed by atoms with Crippen LogP contribution in [0.25, 0.3) is 5.65 Å². The summed E-state index contributed by atoms with van der Waals surface area (Å²) in [6.45, 7) is 1.09. The molecule has 0 bridgehead atoms. The van der Waals surface area contributed by atoms with Crippen LogP contribution in [0.3, 0.4) is 0 Å². The van der Waals surface area contributed by atoms with E-state index in [2.05, 4.69) is 16.5 Å². The molecule has 0 saturated carbocycles. The number of pyridine rings is 1. The number of piperidine rings is 1. The molecule has 3 heterocycles. The molecule has 2 aromatic rings. The lowest BCUT2D eigenvalue weighted by atomic mass is 10.0. The Labute approximate surface area is 101 Å². The van der Waals surface area contributed by atoms with Crippen LogP contribution in [0.2, 0.25) is 0 Å². The second-order valence-corrected chi connectivity index (χ2v) is 4.46. The maximum absolute atomic E-state index is 5.33. The van der Waals surface area contributed by atoms with Gasteiger partial charge in [0, 0.05) is 6.20 Å². The van der Waals surface area contributed by atoms with Crippen LogP contribution >= 0.6 is 0 Å². The predicted octanol–water partition coefficient (Wildman–Crippen LogP) is 2.16. The Balaban J connectivity index is 2.00. The van der Waals surface area contributed by atoms with Crippen LogP contribution in [-0.4, -0.2) is 23.0 Å². The molecule has 1 aliphatic rings. The normalized spacial score (nSPS) is 20.6. The number of ether oxygens (including phenoxy) is 1. The maximum atomic E-state index is 5.33. The van der Waals surface area contributed by atoms with Crippen molar-refractivity contribution < 1.29 is 4.74 Å². The first-order valence-corrected chi connectivity index (χ1v) is 6.14. The molecule has 1 aliphatic heterocycles. The standard InChI is InChI=1S/C13H17N3O/c1-17-13-7-4-6-12-15-11(9-16(12)13)10-5-2-3-8-14-10/h4,6-7,9-10,14H,2-3,5,8H2,1H3. The lowest BCUT2D eigenvalue weighted by molar-refractivity contribution is 0.391. The van der Waals surface area contributed by atoms with Crippen molar-refractivity contribution in [2.24, 2.45) is 0 Å². The first-order valence-electron chi connectivity index (χ1n) is 6.14. The highest BCUT2D eigenvalue weighted by atomic mass is 16.5. The Kier molecular flexibility index (Phi) is 2.73. The highest BCUT2D eigenvalue weighted by Crippen LogP contribution is 2.24. The molecule has 0 radical (unpaired) electrons. The van der Waals surface area contributed by atoms with Gasteiger partial charge in [0.1, 0.15) is 5.65 Å². The average molecular weight is 231 g/mol. The minimum absolute atomic E-state index is 0.397. The second-order valence-electron chi connectivity index (χ2n) is 4.46. The third kappa shape index (κ3) is 1.89. The molecule has 1 saturated heterocycles. The van der Waals surface area contributed by atoms with Gasteiger partial charge < -0.3 is 10.1 Å². The van der Waals surface area contributed by atoms with Crippen LogP contribution in [0.1, 0.15) is 31.0 Å². The number of hydrogen-bond donors (Lipinski definition) is 1. The summed E-state index contributed by atoms with van der Waals surface area (Å²) in [7, 11) is 1.69. The van der Waals surface area contributed by atoms with E-state index >= 15 is 0 Å². The Morgan fingerprint density at radius 1 is 1.41 bits per heavy atom. The molecule has 3 rings (SSSR count). The van der Waals surface area contributed by atoms with Gasteiger partial charge in [-0.25, -0.2) is 4.98 Å². The Bertz CT molecular complexity index is 514. The molecule has 4 nitrogen and oxygen atoms in total. The summed E-state index contributed by atoms with van der Waals surface area (Å²) in [5.74, 6) is 0.831. The van der Waals surface area contributed by atoms with Crippen LogP contribution in [0, 0.1) is 0 Å². The van der Waals surface area contributed by atoms with Crippen LogP contribution in [0.4, 0.5) is 0 Å². The molecule has 0 aromatic carbocycles. The van der Waals surface area contributed by atoms with E-state index in [-0.39, 0.29) is 0 Å². The van der Waals surface area contributed by atoms with E-state index in [4.69, 9.17) is 4.74 Å². The van der Waals surface area contributed by atoms with E-state index in [0.717, 1.165) is 23.8 Å². The monoisotopic (exact) mass is 231 g/mol. The molecular weight excluding hydrogens is 214 g/mol. The molecule has 90 valence electrons. The average Bonchev–Trinajstić information content (AvgIpc) is 2.83. The van der Waals surface area contributed by atoms with Gasteiger partial charge in [0.05, 0.1) is 18.8 Å². The zero-order valence-electron chi connectivity index (χ0n) is 10.0. The lowest BCUT2D eigenvalue weighted by Gasteiger charge is -2.21. The van der Waals surface area contributed by atoms with Crippen molar-refractivity contribution >= 4 is 5.65 Å². The van der Waals surface area contributed by atoms with Gasteiger partial charge in [-0.3, -0.25) is 4.40 Å². The third-order valence-electron chi connectivity index (χ3n) is 3.35. The van der Waals surface area contributed by atoms with Crippen molar-refractivity contribution in [2.45, 2.75) is 25.3 Å². The number of hydrogen-bond acceptors (Lipinski definition) is 3. The molecule has 17 heavy (non-hydrogen) atoms. The van der Waals surface area contributed by atoms with Gasteiger partial charge in [-0.1, -0.05) is 12.5 Å². The van der Waals surface area contributed by atoms with Crippen molar-refractivity contribution in [3.8, 4) is 5.88 Å². The number of nitrogens with zero attached hydrogens (tertiary/aromatic N) is 2. The predicted molar refractivity (Wildman–Crippen MR) is 66.3 cm³/mol. The van der Waals surface area contributed by atoms with Gasteiger partial charge in [0.25, 0.3) is 0 Å². The molecule has 0 amide bonds. The van der Waals surface area contributed by atoms with Crippen molar-refractivity contribution in [2.75, 3.05) is 13.7 Å². The molecule has 1 N–H and O–H groups in total. The number of rotatable bonds is 2. The Hall–Kier alpha value is -1.55. The van der Waals surface area contributed by atoms with Gasteiger partial charge in [-0.15, -0.1) is 0 Å². The van der Waals surface area contributed by atoms with E-state index in [1.165, 1.54) is 19.3 Å². The topological polar surface area (TPSA) is 38.6 Å². The molecule has 0 aliphatic carbocycles. The molecule has 1 atom stereocenters. The lowest BCUT2D eigenvalue weighted by Crippen LogP contribution is -2.26. The minimum Gasteiger partial charge on any atom is -0.482 e. The smallest absolute Gasteiger partial charge is 0.198 e. The first-order chi connectivity index (χ1) is 8.38. The van der Waals surface area contributed by atoms with Gasteiger partial charge in [-0.2, -0.15) is 0 Å². The van der Waals surface area contributed by atoms with Crippen molar-refractivity contribution in [3.05, 3.63) is 30.1 Å². The highest BCUT2D eigenvalue weighted by Gasteiger charge is 2.18. The zero-order chi connectivity index (χ0) is 11.7. The number of methoxy groups -OCH3 is 1. The quantitative estimate of drug-likeness (QED) is 0.860. The van der Waals surface area contributed by atoms with Crippen LogP contribution in [0.15, 0.2) is 24.4 Å². The van der Waals surface area contributed by atoms with Crippen LogP contribution < -0.4 is 10.1 Å².